The standard InChI is InChI=1S/C16H19BrN4O4/c1-15-6-5-10(16(15,2)9-17)7-14(15)19-18-12-4-3-11(20(22)23)8-13(12)21(24)25/h3-4,8,10,18H,5-7,9H2,1-2H3/b19-14-. The van der Waals surface area contributed by atoms with Crippen molar-refractivity contribution in [1.29, 1.82) is 0 Å². The number of benzene rings is 1. The minimum atomic E-state index is -0.652. The third kappa shape index (κ3) is 2.61. The number of halogens is 1. The first kappa shape index (κ1) is 17.8. The first-order valence-electron chi connectivity index (χ1n) is 8.05. The zero-order valence-corrected chi connectivity index (χ0v) is 15.6. The van der Waals surface area contributed by atoms with Crippen LogP contribution in [0.25, 0.3) is 0 Å². The molecule has 2 aliphatic carbocycles. The fourth-order valence-electron chi connectivity index (χ4n) is 4.21. The molecule has 0 aromatic heterocycles. The van der Waals surface area contributed by atoms with E-state index in [-0.39, 0.29) is 27.9 Å². The molecule has 1 N–H and O–H groups in total. The molecule has 25 heavy (non-hydrogen) atoms. The van der Waals surface area contributed by atoms with Gasteiger partial charge in [0, 0.05) is 22.5 Å². The van der Waals surface area contributed by atoms with Gasteiger partial charge >= 0.3 is 5.69 Å². The minimum Gasteiger partial charge on any atom is -0.272 e. The number of anilines is 1. The van der Waals surface area contributed by atoms with Crippen LogP contribution in [-0.4, -0.2) is 20.9 Å². The molecule has 0 amide bonds. The average Bonchev–Trinajstić information content (AvgIpc) is 2.95. The normalized spacial score (nSPS) is 32.1. The molecule has 1 aromatic rings. The van der Waals surface area contributed by atoms with Crippen molar-refractivity contribution in [3.05, 3.63) is 38.4 Å². The molecule has 3 atom stereocenters. The molecule has 1 aromatic carbocycles. The van der Waals surface area contributed by atoms with Crippen molar-refractivity contribution >= 4 is 38.7 Å². The van der Waals surface area contributed by atoms with Gasteiger partial charge in [-0.1, -0.05) is 29.8 Å². The van der Waals surface area contributed by atoms with Crippen LogP contribution < -0.4 is 5.43 Å². The maximum absolute atomic E-state index is 11.2. The molecule has 2 bridgehead atoms. The highest BCUT2D eigenvalue weighted by Crippen LogP contribution is 2.64. The van der Waals surface area contributed by atoms with Crippen molar-refractivity contribution < 1.29 is 9.85 Å². The van der Waals surface area contributed by atoms with E-state index in [1.54, 1.807) is 0 Å². The molecule has 2 saturated carbocycles. The van der Waals surface area contributed by atoms with Gasteiger partial charge in [-0.05, 0) is 36.7 Å². The third-order valence-corrected chi connectivity index (χ3v) is 7.37. The number of hydrazone groups is 1. The highest BCUT2D eigenvalue weighted by atomic mass is 79.9. The van der Waals surface area contributed by atoms with E-state index in [4.69, 9.17) is 0 Å². The Bertz CT molecular complexity index is 783. The van der Waals surface area contributed by atoms with Crippen LogP contribution in [0.5, 0.6) is 0 Å². The molecule has 2 fully saturated rings. The van der Waals surface area contributed by atoms with E-state index in [1.165, 1.54) is 12.1 Å². The van der Waals surface area contributed by atoms with Gasteiger partial charge in [-0.15, -0.1) is 0 Å². The summed E-state index contributed by atoms with van der Waals surface area (Å²) in [5.41, 5.74) is 3.36. The summed E-state index contributed by atoms with van der Waals surface area (Å²) >= 11 is 3.64. The molecule has 0 saturated heterocycles. The topological polar surface area (TPSA) is 111 Å². The Kier molecular flexibility index (Phi) is 4.30. The number of alkyl halides is 1. The molecule has 2 aliphatic rings. The lowest BCUT2D eigenvalue weighted by molar-refractivity contribution is -0.393. The maximum atomic E-state index is 11.2. The number of nitrogens with zero attached hydrogens (tertiary/aromatic N) is 3. The Morgan fingerprint density at radius 1 is 1.32 bits per heavy atom. The van der Waals surface area contributed by atoms with E-state index in [9.17, 15) is 20.2 Å². The van der Waals surface area contributed by atoms with E-state index >= 15 is 0 Å². The minimum absolute atomic E-state index is 0.0519. The van der Waals surface area contributed by atoms with Gasteiger partial charge < -0.3 is 0 Å². The van der Waals surface area contributed by atoms with Gasteiger partial charge in [0.2, 0.25) is 0 Å². The van der Waals surface area contributed by atoms with Gasteiger partial charge in [-0.2, -0.15) is 5.10 Å². The number of non-ortho nitro benzene ring substituents is 1. The van der Waals surface area contributed by atoms with Gasteiger partial charge in [0.1, 0.15) is 5.69 Å². The molecule has 3 unspecified atom stereocenters. The number of nitro benzene ring substituents is 2. The highest BCUT2D eigenvalue weighted by Gasteiger charge is 2.61. The molecule has 9 heteroatoms. The van der Waals surface area contributed by atoms with Gasteiger partial charge in [-0.3, -0.25) is 25.7 Å². The van der Waals surface area contributed by atoms with Crippen LogP contribution in [-0.2, 0) is 0 Å². The first-order valence-corrected chi connectivity index (χ1v) is 9.17. The summed E-state index contributed by atoms with van der Waals surface area (Å²) in [5.74, 6) is 0.546. The van der Waals surface area contributed by atoms with Crippen LogP contribution in [0.2, 0.25) is 0 Å². The van der Waals surface area contributed by atoms with Crippen LogP contribution in [0.15, 0.2) is 23.3 Å². The summed E-state index contributed by atoms with van der Waals surface area (Å²) in [6, 6.07) is 3.52. The monoisotopic (exact) mass is 410 g/mol. The lowest BCUT2D eigenvalue weighted by Gasteiger charge is -2.36. The Hall–Kier alpha value is -2.03. The van der Waals surface area contributed by atoms with Crippen molar-refractivity contribution in [2.24, 2.45) is 21.8 Å². The van der Waals surface area contributed by atoms with E-state index in [0.717, 1.165) is 36.4 Å². The summed E-state index contributed by atoms with van der Waals surface area (Å²) in [4.78, 5) is 20.7. The predicted octanol–water partition coefficient (Wildman–Crippen LogP) is 4.49. The molecule has 0 aliphatic heterocycles. The number of fused-ring (bicyclic) bond motifs is 2. The molecular formula is C16H19BrN4O4. The number of hydrogen-bond donors (Lipinski definition) is 1. The summed E-state index contributed by atoms with van der Waals surface area (Å²) in [5, 5.41) is 27.4. The average molecular weight is 411 g/mol. The molecule has 0 radical (unpaired) electrons. The second-order valence-electron chi connectivity index (χ2n) is 7.21. The van der Waals surface area contributed by atoms with Crippen LogP contribution in [0, 0.1) is 37.0 Å². The number of hydrogen-bond acceptors (Lipinski definition) is 6. The van der Waals surface area contributed by atoms with Crippen molar-refractivity contribution in [1.82, 2.24) is 0 Å². The van der Waals surface area contributed by atoms with Crippen molar-refractivity contribution in [3.8, 4) is 0 Å². The lowest BCUT2D eigenvalue weighted by atomic mass is 9.70. The van der Waals surface area contributed by atoms with Crippen LogP contribution in [0.1, 0.15) is 33.1 Å². The smallest absolute Gasteiger partial charge is 0.272 e. The summed E-state index contributed by atoms with van der Waals surface area (Å²) in [6.45, 7) is 4.46. The van der Waals surface area contributed by atoms with E-state index < -0.39 is 9.85 Å². The summed E-state index contributed by atoms with van der Waals surface area (Å²) in [6.07, 6.45) is 3.07. The lowest BCUT2D eigenvalue weighted by Crippen LogP contribution is -2.36. The molecular weight excluding hydrogens is 392 g/mol. The van der Waals surface area contributed by atoms with Crippen molar-refractivity contribution in [3.63, 3.8) is 0 Å². The molecule has 3 rings (SSSR count). The largest absolute Gasteiger partial charge is 0.301 e. The second kappa shape index (κ2) is 6.05. The van der Waals surface area contributed by atoms with Gasteiger partial charge in [0.15, 0.2) is 0 Å². The zero-order chi connectivity index (χ0) is 18.4. The Morgan fingerprint density at radius 2 is 2.04 bits per heavy atom. The zero-order valence-electron chi connectivity index (χ0n) is 14.0. The summed E-state index contributed by atoms with van der Waals surface area (Å²) < 4.78 is 0. The first-order chi connectivity index (χ1) is 11.7. The second-order valence-corrected chi connectivity index (χ2v) is 7.77. The number of nitro groups is 2. The molecule has 8 nitrogen and oxygen atoms in total. The van der Waals surface area contributed by atoms with Gasteiger partial charge in [0.25, 0.3) is 5.69 Å². The van der Waals surface area contributed by atoms with E-state index in [1.807, 2.05) is 0 Å². The van der Waals surface area contributed by atoms with Crippen molar-refractivity contribution in [2.75, 3.05) is 10.8 Å². The van der Waals surface area contributed by atoms with E-state index in [0.29, 0.717) is 5.92 Å². The summed E-state index contributed by atoms with van der Waals surface area (Å²) in [7, 11) is 0. The fraction of sp³-hybridized carbons (Fsp3) is 0.562. The van der Waals surface area contributed by atoms with Crippen LogP contribution >= 0.6 is 15.9 Å². The predicted molar refractivity (Wildman–Crippen MR) is 98.2 cm³/mol. The van der Waals surface area contributed by atoms with Gasteiger partial charge in [-0.25, -0.2) is 0 Å². The van der Waals surface area contributed by atoms with Gasteiger partial charge in [0.05, 0.1) is 15.9 Å². The number of rotatable bonds is 5. The SMILES string of the molecule is CC12CCC(C/C1=N/Nc1ccc([N+](=O)[O-])cc1[N+](=O)[O-])C2(C)CBr. The maximum Gasteiger partial charge on any atom is 0.301 e. The highest BCUT2D eigenvalue weighted by molar-refractivity contribution is 9.09. The Labute approximate surface area is 153 Å². The van der Waals surface area contributed by atoms with E-state index in [2.05, 4.69) is 40.3 Å². The quantitative estimate of drug-likeness (QED) is 0.436. The molecule has 0 heterocycles. The Morgan fingerprint density at radius 3 is 2.60 bits per heavy atom. The number of nitrogens with one attached hydrogen (secondary N) is 1. The van der Waals surface area contributed by atoms with Crippen molar-refractivity contribution in [2.45, 2.75) is 33.1 Å². The third-order valence-electron chi connectivity index (χ3n) is 6.21. The molecule has 0 spiro atoms. The Balaban J connectivity index is 1.91. The fourth-order valence-corrected chi connectivity index (χ4v) is 5.29. The molecule has 134 valence electrons. The van der Waals surface area contributed by atoms with Crippen LogP contribution in [0.3, 0.4) is 0 Å². The van der Waals surface area contributed by atoms with Crippen LogP contribution in [0.4, 0.5) is 17.1 Å².